The molecule has 2 aromatic heterocycles. The maximum Gasteiger partial charge on any atom is 0.278 e. The second-order valence-electron chi connectivity index (χ2n) is 9.99. The lowest BCUT2D eigenvalue weighted by Crippen LogP contribution is -2.51. The minimum Gasteiger partial charge on any atom is -0.399 e. The smallest absolute Gasteiger partial charge is 0.278 e. The number of nitrogen functional groups attached to an aromatic ring is 1. The summed E-state index contributed by atoms with van der Waals surface area (Å²) in [6.07, 6.45) is 1.59. The molecule has 0 saturated carbocycles. The van der Waals surface area contributed by atoms with E-state index in [0.29, 0.717) is 5.69 Å². The first-order valence-electron chi connectivity index (χ1n) is 12.8. The average Bonchev–Trinajstić information content (AvgIpc) is 3.32. The molecule has 13 heteroatoms. The quantitative estimate of drug-likeness (QED) is 0.184. The fourth-order valence-electron chi connectivity index (χ4n) is 4.37. The first kappa shape index (κ1) is 28.9. The zero-order valence-electron chi connectivity index (χ0n) is 22.3. The van der Waals surface area contributed by atoms with Gasteiger partial charge in [0.05, 0.1) is 29.7 Å². The van der Waals surface area contributed by atoms with E-state index in [9.17, 15) is 23.1 Å². The lowest BCUT2D eigenvalue weighted by Gasteiger charge is -2.31. The molecule has 1 amide bonds. The van der Waals surface area contributed by atoms with E-state index >= 15 is 0 Å². The van der Waals surface area contributed by atoms with E-state index in [1.54, 1.807) is 0 Å². The number of H-pyrrole nitrogens is 1. The summed E-state index contributed by atoms with van der Waals surface area (Å²) in [4.78, 5) is 35.7. The normalized spacial score (nSPS) is 13.5. The molecule has 212 valence electrons. The average molecular weight is 568 g/mol. The predicted octanol–water partition coefficient (Wildman–Crippen LogP) is 1.14. The van der Waals surface area contributed by atoms with Crippen molar-refractivity contribution in [2.75, 3.05) is 18.8 Å². The summed E-state index contributed by atoms with van der Waals surface area (Å²) in [7, 11) is -3.96. The number of nitrogens with zero attached hydrogens (tertiary/aromatic N) is 4. The van der Waals surface area contributed by atoms with Crippen LogP contribution in [0.5, 0.6) is 0 Å². The number of hydrogen-bond donors (Lipinski definition) is 4. The van der Waals surface area contributed by atoms with Crippen molar-refractivity contribution in [1.29, 1.82) is 0 Å². The Morgan fingerprint density at radius 1 is 1.10 bits per heavy atom. The fourth-order valence-corrected chi connectivity index (χ4v) is 5.99. The topological polar surface area (TPSA) is 176 Å². The van der Waals surface area contributed by atoms with E-state index in [0.717, 1.165) is 5.56 Å². The Morgan fingerprint density at radius 2 is 1.80 bits per heavy atom. The minimum absolute atomic E-state index is 0.0249. The molecule has 40 heavy (non-hydrogen) atoms. The molecule has 4 rings (SSSR count). The number of aliphatic hydroxyl groups is 1. The number of sulfonamides is 1. The first-order valence-corrected chi connectivity index (χ1v) is 14.2. The van der Waals surface area contributed by atoms with E-state index in [4.69, 9.17) is 5.73 Å². The summed E-state index contributed by atoms with van der Waals surface area (Å²) < 4.78 is 29.7. The number of rotatable bonds is 12. The Balaban J connectivity index is 1.57. The van der Waals surface area contributed by atoms with Crippen LogP contribution in [0.15, 0.2) is 76.9 Å². The summed E-state index contributed by atoms with van der Waals surface area (Å²) >= 11 is 0. The molecule has 0 radical (unpaired) electrons. The number of benzene rings is 2. The van der Waals surface area contributed by atoms with Crippen molar-refractivity contribution in [2.45, 2.75) is 43.9 Å². The number of nitrogens with one attached hydrogen (secondary N) is 2. The highest BCUT2D eigenvalue weighted by Crippen LogP contribution is 2.20. The highest BCUT2D eigenvalue weighted by atomic mass is 32.2. The molecule has 5 N–H and O–H groups in total. The predicted molar refractivity (Wildman–Crippen MR) is 151 cm³/mol. The third-order valence-corrected chi connectivity index (χ3v) is 8.15. The van der Waals surface area contributed by atoms with Crippen molar-refractivity contribution in [3.8, 4) is 0 Å². The van der Waals surface area contributed by atoms with Crippen LogP contribution in [0.1, 0.15) is 19.4 Å². The number of aromatic nitrogens is 4. The van der Waals surface area contributed by atoms with Crippen LogP contribution in [0.3, 0.4) is 0 Å². The number of nitrogens with two attached hydrogens (primary N) is 1. The van der Waals surface area contributed by atoms with Crippen LogP contribution < -0.4 is 16.6 Å². The van der Waals surface area contributed by atoms with Gasteiger partial charge in [-0.25, -0.2) is 18.4 Å². The van der Waals surface area contributed by atoms with Gasteiger partial charge in [0.15, 0.2) is 11.2 Å². The number of aliphatic hydroxyl groups excluding tert-OH is 1. The number of amides is 1. The summed E-state index contributed by atoms with van der Waals surface area (Å²) in [6, 6.07) is 14.3. The molecule has 0 aliphatic carbocycles. The van der Waals surface area contributed by atoms with Crippen LogP contribution in [-0.4, -0.2) is 68.5 Å². The number of carbonyl (C=O) groups excluding carboxylic acids is 1. The third-order valence-electron chi connectivity index (χ3n) is 6.31. The van der Waals surface area contributed by atoms with Crippen LogP contribution in [0.2, 0.25) is 0 Å². The van der Waals surface area contributed by atoms with Crippen molar-refractivity contribution in [3.05, 3.63) is 83.2 Å². The van der Waals surface area contributed by atoms with Gasteiger partial charge in [-0.05, 0) is 42.2 Å². The van der Waals surface area contributed by atoms with E-state index < -0.39 is 33.6 Å². The van der Waals surface area contributed by atoms with Gasteiger partial charge in [0.25, 0.3) is 5.56 Å². The number of fused-ring (bicyclic) bond motifs is 1. The van der Waals surface area contributed by atoms with Crippen molar-refractivity contribution < 1.29 is 18.3 Å². The molecule has 0 aliphatic rings. The van der Waals surface area contributed by atoms with Crippen LogP contribution in [0.4, 0.5) is 5.69 Å². The maximum atomic E-state index is 13.5. The zero-order valence-corrected chi connectivity index (χ0v) is 23.1. The summed E-state index contributed by atoms with van der Waals surface area (Å²) in [5.41, 5.74) is 6.96. The monoisotopic (exact) mass is 567 g/mol. The van der Waals surface area contributed by atoms with Crippen molar-refractivity contribution in [1.82, 2.24) is 29.1 Å². The molecule has 2 aromatic carbocycles. The van der Waals surface area contributed by atoms with Gasteiger partial charge in [-0.1, -0.05) is 44.2 Å². The summed E-state index contributed by atoms with van der Waals surface area (Å²) in [6.45, 7) is 3.49. The molecular weight excluding hydrogens is 534 g/mol. The molecule has 0 unspecified atom stereocenters. The van der Waals surface area contributed by atoms with Crippen molar-refractivity contribution >= 4 is 32.8 Å². The number of aromatic amines is 1. The van der Waals surface area contributed by atoms with Gasteiger partial charge in [-0.3, -0.25) is 9.59 Å². The number of anilines is 1. The Labute approximate surface area is 231 Å². The highest BCUT2D eigenvalue weighted by Gasteiger charge is 2.31. The molecule has 2 heterocycles. The largest absolute Gasteiger partial charge is 0.399 e. The molecule has 0 spiro atoms. The Bertz CT molecular complexity index is 1600. The lowest BCUT2D eigenvalue weighted by molar-refractivity contribution is -0.123. The van der Waals surface area contributed by atoms with Gasteiger partial charge < -0.3 is 25.7 Å². The van der Waals surface area contributed by atoms with Crippen molar-refractivity contribution in [3.63, 3.8) is 0 Å². The van der Waals surface area contributed by atoms with E-state index in [2.05, 4.69) is 20.3 Å². The lowest BCUT2D eigenvalue weighted by atomic mass is 10.0. The fraction of sp³-hybridized carbons (Fsp3) is 0.333. The SMILES string of the molecule is CC(C)CN(C[C@@H](O)[C@H](Cc1ccccc1)NC(=O)Cn1cnc2c(=O)[nH]cnc21)S(=O)(=O)c1ccc(N)cc1. The van der Waals surface area contributed by atoms with Crippen LogP contribution in [0.25, 0.3) is 11.2 Å². The van der Waals surface area contributed by atoms with Crippen LogP contribution in [-0.2, 0) is 27.8 Å². The van der Waals surface area contributed by atoms with E-state index in [-0.39, 0.29) is 48.0 Å². The highest BCUT2D eigenvalue weighted by molar-refractivity contribution is 7.89. The summed E-state index contributed by atoms with van der Waals surface area (Å²) in [5, 5.41) is 14.2. The number of hydrogen-bond acceptors (Lipinski definition) is 8. The van der Waals surface area contributed by atoms with Gasteiger partial charge in [-0.15, -0.1) is 0 Å². The van der Waals surface area contributed by atoms with Gasteiger partial charge in [0, 0.05) is 18.8 Å². The standard InChI is InChI=1S/C27H33N7O5S/c1-18(2)13-34(40(38,39)21-10-8-20(28)9-11-21)14-23(35)22(12-19-6-4-3-5-7-19)32-24(36)15-33-17-31-25-26(33)29-16-30-27(25)37/h3-11,16-18,22-23,35H,12-15,28H2,1-2H3,(H,32,36)(H,29,30,37)/t22-,23+/m0/s1. The first-order chi connectivity index (χ1) is 19.0. The zero-order chi connectivity index (χ0) is 28.9. The molecule has 4 aromatic rings. The molecule has 0 bridgehead atoms. The van der Waals surface area contributed by atoms with E-state index in [1.807, 2.05) is 44.2 Å². The van der Waals surface area contributed by atoms with Crippen molar-refractivity contribution in [2.24, 2.45) is 5.92 Å². The number of carbonyl (C=O) groups is 1. The van der Waals surface area contributed by atoms with Gasteiger partial charge >= 0.3 is 0 Å². The van der Waals surface area contributed by atoms with Crippen LogP contribution >= 0.6 is 0 Å². The Morgan fingerprint density at radius 3 is 2.48 bits per heavy atom. The van der Waals surface area contributed by atoms with Gasteiger partial charge in [0.1, 0.15) is 6.54 Å². The van der Waals surface area contributed by atoms with Gasteiger partial charge in [-0.2, -0.15) is 4.31 Å². The molecule has 2 atom stereocenters. The van der Waals surface area contributed by atoms with Gasteiger partial charge in [0.2, 0.25) is 15.9 Å². The molecular formula is C27H33N7O5S. The molecule has 0 saturated heterocycles. The second kappa shape index (κ2) is 12.4. The van der Waals surface area contributed by atoms with Crippen LogP contribution in [0, 0.1) is 5.92 Å². The van der Waals surface area contributed by atoms with E-state index in [1.165, 1.54) is 45.8 Å². The maximum absolute atomic E-state index is 13.5. The minimum atomic E-state index is -3.96. The number of imidazole rings is 1. The molecule has 0 aliphatic heterocycles. The molecule has 0 fully saturated rings. The summed E-state index contributed by atoms with van der Waals surface area (Å²) in [5.74, 6) is -0.485. The Hall–Kier alpha value is -4.07. The Kier molecular flexibility index (Phi) is 8.97. The second-order valence-corrected chi connectivity index (χ2v) is 11.9. The molecule has 12 nitrogen and oxygen atoms in total. The third kappa shape index (κ3) is 6.92.